The molecule has 0 bridgehead atoms. The molecule has 1 fully saturated rings. The molecule has 0 radical (unpaired) electrons. The van der Waals surface area contributed by atoms with Crippen LogP contribution in [0.3, 0.4) is 0 Å². The highest BCUT2D eigenvalue weighted by Crippen LogP contribution is 2.28. The van der Waals surface area contributed by atoms with Crippen molar-refractivity contribution < 1.29 is 18.3 Å². The molecule has 0 unspecified atom stereocenters. The second-order valence-electron chi connectivity index (χ2n) is 5.08. The Balaban J connectivity index is 2.03. The first-order valence-electron chi connectivity index (χ1n) is 6.65. The van der Waals surface area contributed by atoms with Crippen LogP contribution in [0.25, 0.3) is 0 Å². The molecule has 6 heteroatoms. The fraction of sp³-hybridized carbons (Fsp3) is 0.500. The molecule has 3 N–H and O–H groups in total. The molecule has 2 rings (SSSR count). The van der Waals surface area contributed by atoms with Gasteiger partial charge >= 0.3 is 6.61 Å². The Morgan fingerprint density at radius 1 is 1.30 bits per heavy atom. The molecule has 4 nitrogen and oxygen atoms in total. The van der Waals surface area contributed by atoms with Crippen LogP contribution < -0.4 is 15.8 Å². The topological polar surface area (TPSA) is 64.4 Å². The van der Waals surface area contributed by atoms with E-state index in [1.54, 1.807) is 6.07 Å². The lowest BCUT2D eigenvalue weighted by atomic mass is 9.82. The van der Waals surface area contributed by atoms with E-state index in [0.29, 0.717) is 18.5 Å². The van der Waals surface area contributed by atoms with E-state index in [2.05, 4.69) is 10.1 Å². The third-order valence-electron chi connectivity index (χ3n) is 3.52. The number of hydrogen-bond acceptors (Lipinski definition) is 3. The number of amides is 1. The molecule has 0 spiro atoms. The quantitative estimate of drug-likeness (QED) is 0.893. The molecule has 20 heavy (non-hydrogen) atoms. The van der Waals surface area contributed by atoms with Crippen LogP contribution in [0.5, 0.6) is 5.75 Å². The van der Waals surface area contributed by atoms with Crippen LogP contribution in [0.15, 0.2) is 24.3 Å². The second-order valence-corrected chi connectivity index (χ2v) is 5.08. The summed E-state index contributed by atoms with van der Waals surface area (Å²) in [5.74, 6) is -0.265. The van der Waals surface area contributed by atoms with Gasteiger partial charge in [-0.05, 0) is 25.0 Å². The molecule has 1 aliphatic rings. The molecule has 1 aromatic rings. The zero-order valence-electron chi connectivity index (χ0n) is 11.1. The molecule has 0 aromatic heterocycles. The number of hydrogen-bond donors (Lipinski definition) is 2. The number of benzene rings is 1. The van der Waals surface area contributed by atoms with Crippen molar-refractivity contribution in [2.75, 3.05) is 5.32 Å². The lowest BCUT2D eigenvalue weighted by molar-refractivity contribution is -0.122. The van der Waals surface area contributed by atoms with Gasteiger partial charge in [0.2, 0.25) is 5.91 Å². The first-order valence-corrected chi connectivity index (χ1v) is 6.65. The highest BCUT2D eigenvalue weighted by Gasteiger charge is 2.35. The lowest BCUT2D eigenvalue weighted by Gasteiger charge is -2.31. The Morgan fingerprint density at radius 3 is 2.65 bits per heavy atom. The maximum absolute atomic E-state index is 12.2. The zero-order chi connectivity index (χ0) is 14.6. The monoisotopic (exact) mass is 284 g/mol. The van der Waals surface area contributed by atoms with Gasteiger partial charge < -0.3 is 15.8 Å². The molecule has 110 valence electrons. The van der Waals surface area contributed by atoms with Gasteiger partial charge in [-0.25, -0.2) is 0 Å². The van der Waals surface area contributed by atoms with Crippen LogP contribution in [-0.4, -0.2) is 18.1 Å². The van der Waals surface area contributed by atoms with Crippen molar-refractivity contribution >= 4 is 11.6 Å². The van der Waals surface area contributed by atoms with Crippen LogP contribution in [0.2, 0.25) is 0 Å². The van der Waals surface area contributed by atoms with Crippen molar-refractivity contribution in [1.29, 1.82) is 0 Å². The summed E-state index contributed by atoms with van der Waals surface area (Å²) in [4.78, 5) is 12.2. The number of alkyl halides is 2. The summed E-state index contributed by atoms with van der Waals surface area (Å²) < 4.78 is 28.6. The predicted octanol–water partition coefficient (Wildman–Crippen LogP) is 2.89. The highest BCUT2D eigenvalue weighted by atomic mass is 19.3. The van der Waals surface area contributed by atoms with Gasteiger partial charge in [0.05, 0.1) is 5.54 Å². The molecule has 0 aliphatic heterocycles. The summed E-state index contributed by atoms with van der Waals surface area (Å²) in [5.41, 5.74) is 5.65. The first kappa shape index (κ1) is 14.7. The Bertz CT molecular complexity index is 474. The van der Waals surface area contributed by atoms with Crippen molar-refractivity contribution in [2.24, 2.45) is 5.73 Å². The number of halogens is 2. The average molecular weight is 284 g/mol. The average Bonchev–Trinajstić information content (AvgIpc) is 2.39. The van der Waals surface area contributed by atoms with E-state index in [0.717, 1.165) is 19.3 Å². The van der Waals surface area contributed by atoms with Crippen LogP contribution in [0.4, 0.5) is 14.5 Å². The van der Waals surface area contributed by atoms with E-state index in [1.807, 2.05) is 0 Å². The number of rotatable bonds is 4. The third-order valence-corrected chi connectivity index (χ3v) is 3.52. The molecule has 0 saturated heterocycles. The summed E-state index contributed by atoms with van der Waals surface area (Å²) in [6.45, 7) is -2.89. The highest BCUT2D eigenvalue weighted by molar-refractivity contribution is 5.98. The maximum atomic E-state index is 12.2. The number of carbonyl (C=O) groups is 1. The number of nitrogens with two attached hydrogens (primary N) is 1. The van der Waals surface area contributed by atoms with Crippen LogP contribution in [0.1, 0.15) is 32.1 Å². The summed E-state index contributed by atoms with van der Waals surface area (Å²) in [6.07, 6.45) is 4.24. The number of anilines is 1. The Morgan fingerprint density at radius 2 is 2.00 bits per heavy atom. The van der Waals surface area contributed by atoms with E-state index >= 15 is 0 Å². The molecule has 0 heterocycles. The molecule has 1 aliphatic carbocycles. The number of nitrogens with one attached hydrogen (secondary N) is 1. The smallest absolute Gasteiger partial charge is 0.387 e. The molecular formula is C14H18F2N2O2. The normalized spacial score (nSPS) is 17.8. The Kier molecular flexibility index (Phi) is 4.54. The minimum absolute atomic E-state index is 0.00696. The van der Waals surface area contributed by atoms with Crippen LogP contribution in [0, 0.1) is 0 Å². The zero-order valence-corrected chi connectivity index (χ0v) is 11.1. The minimum Gasteiger partial charge on any atom is -0.435 e. The van der Waals surface area contributed by atoms with Gasteiger partial charge in [0.25, 0.3) is 0 Å². The van der Waals surface area contributed by atoms with Gasteiger partial charge in [-0.3, -0.25) is 4.79 Å². The summed E-state index contributed by atoms with van der Waals surface area (Å²) in [6, 6.07) is 5.91. The first-order chi connectivity index (χ1) is 9.49. The fourth-order valence-corrected chi connectivity index (χ4v) is 2.42. The molecule has 1 amide bonds. The van der Waals surface area contributed by atoms with Crippen LogP contribution in [-0.2, 0) is 4.79 Å². The van der Waals surface area contributed by atoms with Crippen molar-refractivity contribution in [2.45, 2.75) is 44.3 Å². The maximum Gasteiger partial charge on any atom is 0.387 e. The molecular weight excluding hydrogens is 266 g/mol. The van der Waals surface area contributed by atoms with E-state index in [1.165, 1.54) is 18.2 Å². The van der Waals surface area contributed by atoms with Gasteiger partial charge in [-0.2, -0.15) is 8.78 Å². The third kappa shape index (κ3) is 3.66. The largest absolute Gasteiger partial charge is 0.435 e. The van der Waals surface area contributed by atoms with Crippen molar-refractivity contribution in [1.82, 2.24) is 0 Å². The van der Waals surface area contributed by atoms with E-state index in [9.17, 15) is 13.6 Å². The van der Waals surface area contributed by atoms with Crippen molar-refractivity contribution in [3.63, 3.8) is 0 Å². The van der Waals surface area contributed by atoms with Crippen molar-refractivity contribution in [3.05, 3.63) is 24.3 Å². The summed E-state index contributed by atoms with van der Waals surface area (Å²) in [5, 5.41) is 2.68. The number of carbonyl (C=O) groups excluding carboxylic acids is 1. The second kappa shape index (κ2) is 6.17. The minimum atomic E-state index is -2.89. The van der Waals surface area contributed by atoms with Crippen molar-refractivity contribution in [3.8, 4) is 5.75 Å². The summed E-state index contributed by atoms with van der Waals surface area (Å²) >= 11 is 0. The van der Waals surface area contributed by atoms with Crippen LogP contribution >= 0.6 is 0 Å². The van der Waals surface area contributed by atoms with Gasteiger partial charge in [0.15, 0.2) is 0 Å². The predicted molar refractivity (Wildman–Crippen MR) is 71.7 cm³/mol. The molecule has 0 atom stereocenters. The SMILES string of the molecule is NC1(C(=O)Nc2cccc(OC(F)F)c2)CCCCC1. The van der Waals surface area contributed by atoms with Gasteiger partial charge in [0, 0.05) is 11.8 Å². The lowest BCUT2D eigenvalue weighted by Crippen LogP contribution is -2.52. The van der Waals surface area contributed by atoms with E-state index in [4.69, 9.17) is 5.73 Å². The van der Waals surface area contributed by atoms with E-state index < -0.39 is 12.2 Å². The Hall–Kier alpha value is -1.69. The summed E-state index contributed by atoms with van der Waals surface area (Å²) in [7, 11) is 0. The van der Waals surface area contributed by atoms with E-state index in [-0.39, 0.29) is 11.7 Å². The Labute approximate surface area is 116 Å². The van der Waals surface area contributed by atoms with Gasteiger partial charge in [0.1, 0.15) is 5.75 Å². The fourth-order valence-electron chi connectivity index (χ4n) is 2.42. The molecule has 1 saturated carbocycles. The standard InChI is InChI=1S/C14H18F2N2O2/c15-13(16)20-11-6-4-5-10(9-11)18-12(19)14(17)7-2-1-3-8-14/h4-6,9,13H,1-3,7-8,17H2,(H,18,19). The van der Waals surface area contributed by atoms with Gasteiger partial charge in [-0.1, -0.05) is 25.3 Å². The number of ether oxygens (including phenoxy) is 1. The molecule has 1 aromatic carbocycles. The van der Waals surface area contributed by atoms with Gasteiger partial charge in [-0.15, -0.1) is 0 Å².